The Morgan fingerprint density at radius 2 is 1.76 bits per heavy atom. The van der Waals surface area contributed by atoms with Gasteiger partial charge >= 0.3 is 0 Å². The Balaban J connectivity index is 1.84. The first-order valence-corrected chi connectivity index (χ1v) is 12.7. The van der Waals surface area contributed by atoms with Gasteiger partial charge in [-0.25, -0.2) is 21.2 Å². The highest BCUT2D eigenvalue weighted by molar-refractivity contribution is 7.99. The molecule has 33 heavy (non-hydrogen) atoms. The van der Waals surface area contributed by atoms with E-state index in [1.54, 1.807) is 24.5 Å². The standard InChI is InChI=1S/C23H18F2N2O3S3/c1-13-3-6-15(7-4-13)33(28,29)27-10-9-16-20(27)12-19(25)21(22(16)32-2)30-14-5-8-18(24)17(11-14)23(26)31/h3-12H,1-2H3,(H2,26,31). The normalized spacial score (nSPS) is 11.6. The van der Waals surface area contributed by atoms with Gasteiger partial charge in [0.15, 0.2) is 11.6 Å². The van der Waals surface area contributed by atoms with Gasteiger partial charge < -0.3 is 10.5 Å². The minimum Gasteiger partial charge on any atom is -0.453 e. The van der Waals surface area contributed by atoms with E-state index in [0.29, 0.717) is 10.3 Å². The lowest BCUT2D eigenvalue weighted by Gasteiger charge is -2.14. The molecule has 0 unspecified atom stereocenters. The third-order valence-electron chi connectivity index (χ3n) is 5.03. The van der Waals surface area contributed by atoms with Gasteiger partial charge in [-0.2, -0.15) is 0 Å². The monoisotopic (exact) mass is 504 g/mol. The summed E-state index contributed by atoms with van der Waals surface area (Å²) in [7, 11) is -3.94. The first-order chi connectivity index (χ1) is 15.6. The average molecular weight is 505 g/mol. The molecule has 5 nitrogen and oxygen atoms in total. The predicted octanol–water partition coefficient (Wildman–Crippen LogP) is 5.61. The van der Waals surface area contributed by atoms with Crippen molar-refractivity contribution >= 4 is 49.9 Å². The molecule has 0 atom stereocenters. The van der Waals surface area contributed by atoms with E-state index in [1.807, 2.05) is 6.92 Å². The number of nitrogens with zero attached hydrogens (tertiary/aromatic N) is 1. The third-order valence-corrected chi connectivity index (χ3v) is 7.76. The lowest BCUT2D eigenvalue weighted by molar-refractivity contribution is 0.431. The van der Waals surface area contributed by atoms with Crippen LogP contribution < -0.4 is 10.5 Å². The van der Waals surface area contributed by atoms with Crippen LogP contribution in [0.4, 0.5) is 8.78 Å². The highest BCUT2D eigenvalue weighted by atomic mass is 32.2. The quantitative estimate of drug-likeness (QED) is 0.272. The van der Waals surface area contributed by atoms with Crippen LogP contribution in [0.15, 0.2) is 70.6 Å². The summed E-state index contributed by atoms with van der Waals surface area (Å²) in [5.41, 5.74) is 6.61. The summed E-state index contributed by atoms with van der Waals surface area (Å²) < 4.78 is 62.3. The van der Waals surface area contributed by atoms with E-state index in [0.717, 1.165) is 21.7 Å². The molecule has 0 saturated heterocycles. The molecule has 10 heteroatoms. The zero-order valence-corrected chi connectivity index (χ0v) is 20.0. The molecular formula is C23H18F2N2O3S3. The number of aryl methyl sites for hydroxylation is 1. The van der Waals surface area contributed by atoms with E-state index in [9.17, 15) is 12.8 Å². The van der Waals surface area contributed by atoms with Crippen LogP contribution in [0.3, 0.4) is 0 Å². The molecule has 4 aromatic rings. The summed E-state index contributed by atoms with van der Waals surface area (Å²) in [4.78, 5) is 0.329. The Hall–Kier alpha value is -2.95. The van der Waals surface area contributed by atoms with Crippen LogP contribution in [0, 0.1) is 18.6 Å². The van der Waals surface area contributed by atoms with Gasteiger partial charge in [-0.1, -0.05) is 29.9 Å². The SMILES string of the molecule is CSc1c(Oc2ccc(F)c(C(N)=S)c2)c(F)cc2c1ccn2S(=O)(=O)c1ccc(C)cc1. The van der Waals surface area contributed by atoms with Crippen molar-refractivity contribution < 1.29 is 21.9 Å². The number of nitrogens with two attached hydrogens (primary N) is 1. The smallest absolute Gasteiger partial charge is 0.268 e. The van der Waals surface area contributed by atoms with Crippen molar-refractivity contribution in [2.24, 2.45) is 5.73 Å². The van der Waals surface area contributed by atoms with Crippen molar-refractivity contribution in [1.29, 1.82) is 0 Å². The second kappa shape index (κ2) is 8.77. The lowest BCUT2D eigenvalue weighted by atomic mass is 10.2. The maximum Gasteiger partial charge on any atom is 0.268 e. The number of thiocarbonyl (C=S) groups is 1. The first kappa shape index (κ1) is 23.2. The van der Waals surface area contributed by atoms with Gasteiger partial charge in [-0.15, -0.1) is 11.8 Å². The summed E-state index contributed by atoms with van der Waals surface area (Å²) in [6.45, 7) is 1.86. The molecule has 3 aromatic carbocycles. The largest absolute Gasteiger partial charge is 0.453 e. The van der Waals surface area contributed by atoms with Gasteiger partial charge in [0, 0.05) is 23.2 Å². The summed E-state index contributed by atoms with van der Waals surface area (Å²) in [5.74, 6) is -1.36. The highest BCUT2D eigenvalue weighted by Crippen LogP contribution is 2.41. The molecule has 0 fully saturated rings. The molecule has 0 radical (unpaired) electrons. The first-order valence-electron chi connectivity index (χ1n) is 9.60. The molecule has 0 aliphatic rings. The zero-order chi connectivity index (χ0) is 23.9. The second-order valence-electron chi connectivity index (χ2n) is 7.19. The molecule has 0 aliphatic heterocycles. The van der Waals surface area contributed by atoms with Gasteiger partial charge in [0.2, 0.25) is 0 Å². The predicted molar refractivity (Wildman–Crippen MR) is 130 cm³/mol. The minimum atomic E-state index is -3.94. The average Bonchev–Trinajstić information content (AvgIpc) is 3.19. The van der Waals surface area contributed by atoms with Crippen LogP contribution in [0.2, 0.25) is 0 Å². The molecule has 4 rings (SSSR count). The van der Waals surface area contributed by atoms with E-state index < -0.39 is 21.7 Å². The fraction of sp³-hybridized carbons (Fsp3) is 0.0870. The fourth-order valence-corrected chi connectivity index (χ4v) is 5.59. The number of hydrogen-bond acceptors (Lipinski definition) is 5. The molecule has 170 valence electrons. The van der Waals surface area contributed by atoms with Crippen LogP contribution in [-0.4, -0.2) is 23.6 Å². The summed E-state index contributed by atoms with van der Waals surface area (Å²) >= 11 is 6.04. The molecule has 1 heterocycles. The molecule has 0 amide bonds. The fourth-order valence-electron chi connectivity index (χ4n) is 3.38. The lowest BCUT2D eigenvalue weighted by Crippen LogP contribution is -2.12. The van der Waals surface area contributed by atoms with Gasteiger partial charge in [0.25, 0.3) is 10.0 Å². The van der Waals surface area contributed by atoms with Crippen LogP contribution in [0.5, 0.6) is 11.5 Å². The maximum absolute atomic E-state index is 15.2. The summed E-state index contributed by atoms with van der Waals surface area (Å²) in [5, 5.41) is 0.492. The van der Waals surface area contributed by atoms with Crippen molar-refractivity contribution in [2.45, 2.75) is 16.7 Å². The third kappa shape index (κ3) is 4.21. The molecular weight excluding hydrogens is 486 g/mol. The van der Waals surface area contributed by atoms with E-state index in [2.05, 4.69) is 0 Å². The van der Waals surface area contributed by atoms with Crippen LogP contribution in [0.25, 0.3) is 10.9 Å². The summed E-state index contributed by atoms with van der Waals surface area (Å²) in [6.07, 6.45) is 3.10. The maximum atomic E-state index is 15.2. The van der Waals surface area contributed by atoms with Gasteiger partial charge in [-0.3, -0.25) is 0 Å². The molecule has 0 aliphatic carbocycles. The molecule has 1 aromatic heterocycles. The number of benzene rings is 3. The summed E-state index contributed by atoms with van der Waals surface area (Å²) in [6, 6.07) is 12.9. The number of thioether (sulfide) groups is 1. The number of ether oxygens (including phenoxy) is 1. The topological polar surface area (TPSA) is 74.3 Å². The number of aromatic nitrogens is 1. The highest BCUT2D eigenvalue weighted by Gasteiger charge is 2.24. The van der Waals surface area contributed by atoms with Crippen LogP contribution >= 0.6 is 24.0 Å². The number of rotatable bonds is 6. The Bertz CT molecular complexity index is 1500. The van der Waals surface area contributed by atoms with E-state index >= 15 is 4.39 Å². The zero-order valence-electron chi connectivity index (χ0n) is 17.5. The Morgan fingerprint density at radius 1 is 1.06 bits per heavy atom. The molecule has 0 bridgehead atoms. The Kier molecular flexibility index (Phi) is 6.17. The van der Waals surface area contributed by atoms with Crippen molar-refractivity contribution in [1.82, 2.24) is 3.97 Å². The molecule has 0 spiro atoms. The van der Waals surface area contributed by atoms with Crippen LogP contribution in [-0.2, 0) is 10.0 Å². The van der Waals surface area contributed by atoms with E-state index in [4.69, 9.17) is 22.7 Å². The molecule has 2 N–H and O–H groups in total. The van der Waals surface area contributed by atoms with Crippen LogP contribution in [0.1, 0.15) is 11.1 Å². The number of hydrogen-bond donors (Lipinski definition) is 1. The Morgan fingerprint density at radius 3 is 2.39 bits per heavy atom. The van der Waals surface area contributed by atoms with Crippen molar-refractivity contribution in [2.75, 3.05) is 6.26 Å². The van der Waals surface area contributed by atoms with Crippen molar-refractivity contribution in [3.8, 4) is 11.5 Å². The van der Waals surface area contributed by atoms with E-state index in [-0.39, 0.29) is 32.5 Å². The van der Waals surface area contributed by atoms with Gasteiger partial charge in [0.1, 0.15) is 16.6 Å². The van der Waals surface area contributed by atoms with Gasteiger partial charge in [-0.05, 0) is 49.6 Å². The van der Waals surface area contributed by atoms with Gasteiger partial charge in [0.05, 0.1) is 15.3 Å². The van der Waals surface area contributed by atoms with Crippen molar-refractivity contribution in [3.63, 3.8) is 0 Å². The molecule has 0 saturated carbocycles. The second-order valence-corrected chi connectivity index (χ2v) is 10.3. The number of halogens is 2. The van der Waals surface area contributed by atoms with Crippen molar-refractivity contribution in [3.05, 3.63) is 83.6 Å². The minimum absolute atomic E-state index is 0.0231. The van der Waals surface area contributed by atoms with E-state index in [1.165, 1.54) is 42.2 Å². The number of fused-ring (bicyclic) bond motifs is 1. The Labute approximate surface area is 199 Å².